The van der Waals surface area contributed by atoms with E-state index < -0.39 is 0 Å². The highest BCUT2D eigenvalue weighted by molar-refractivity contribution is 7.99. The summed E-state index contributed by atoms with van der Waals surface area (Å²) in [7, 11) is 0. The van der Waals surface area contributed by atoms with Gasteiger partial charge in [0.1, 0.15) is 4.99 Å². The number of anilines is 1. The van der Waals surface area contributed by atoms with Crippen LogP contribution in [0.2, 0.25) is 0 Å². The number of hydrogen-bond acceptors (Lipinski definition) is 4. The SMILES string of the molecule is CCSc1cccc(N2CCN(CC)CC2)c1C(N)=S. The minimum absolute atomic E-state index is 0.509. The zero-order valence-electron chi connectivity index (χ0n) is 12.3. The number of piperazine rings is 1. The lowest BCUT2D eigenvalue weighted by Gasteiger charge is -2.36. The molecule has 0 bridgehead atoms. The summed E-state index contributed by atoms with van der Waals surface area (Å²) in [6, 6.07) is 6.38. The van der Waals surface area contributed by atoms with Gasteiger partial charge in [-0.3, -0.25) is 0 Å². The fourth-order valence-electron chi connectivity index (χ4n) is 2.61. The highest BCUT2D eigenvalue weighted by Crippen LogP contribution is 2.31. The van der Waals surface area contributed by atoms with E-state index in [4.69, 9.17) is 18.0 Å². The first-order valence-corrected chi connectivity index (χ1v) is 8.59. The molecule has 0 amide bonds. The molecule has 1 fully saturated rings. The number of rotatable bonds is 5. The molecule has 110 valence electrons. The summed E-state index contributed by atoms with van der Waals surface area (Å²) in [5.41, 5.74) is 8.24. The molecule has 1 heterocycles. The van der Waals surface area contributed by atoms with Gasteiger partial charge in [-0.25, -0.2) is 0 Å². The van der Waals surface area contributed by atoms with Gasteiger partial charge in [0.2, 0.25) is 0 Å². The molecular formula is C15H23N3S2. The third-order valence-electron chi connectivity index (χ3n) is 3.71. The minimum atomic E-state index is 0.509. The Hall–Kier alpha value is -0.780. The van der Waals surface area contributed by atoms with E-state index in [1.807, 2.05) is 11.8 Å². The predicted octanol–water partition coefficient (Wildman–Crippen LogP) is 2.57. The van der Waals surface area contributed by atoms with Crippen LogP contribution in [0, 0.1) is 0 Å². The second-order valence-electron chi connectivity index (χ2n) is 4.87. The lowest BCUT2D eigenvalue weighted by molar-refractivity contribution is 0.271. The Morgan fingerprint density at radius 3 is 2.50 bits per heavy atom. The van der Waals surface area contributed by atoms with Crippen molar-refractivity contribution in [3.8, 4) is 0 Å². The molecule has 1 aromatic carbocycles. The van der Waals surface area contributed by atoms with Gasteiger partial charge < -0.3 is 15.5 Å². The second-order valence-corrected chi connectivity index (χ2v) is 6.61. The van der Waals surface area contributed by atoms with Crippen molar-refractivity contribution in [1.29, 1.82) is 0 Å². The zero-order valence-corrected chi connectivity index (χ0v) is 13.9. The molecule has 5 heteroatoms. The quantitative estimate of drug-likeness (QED) is 0.668. The normalized spacial score (nSPS) is 16.4. The van der Waals surface area contributed by atoms with Gasteiger partial charge in [0.15, 0.2) is 0 Å². The topological polar surface area (TPSA) is 32.5 Å². The molecule has 0 aromatic heterocycles. The van der Waals surface area contributed by atoms with Crippen LogP contribution >= 0.6 is 24.0 Å². The van der Waals surface area contributed by atoms with Gasteiger partial charge in [-0.15, -0.1) is 11.8 Å². The predicted molar refractivity (Wildman–Crippen MR) is 93.1 cm³/mol. The van der Waals surface area contributed by atoms with Crippen LogP contribution in [0.4, 0.5) is 5.69 Å². The van der Waals surface area contributed by atoms with Crippen LogP contribution in [-0.4, -0.2) is 48.4 Å². The summed E-state index contributed by atoms with van der Waals surface area (Å²) in [6.45, 7) is 9.81. The highest BCUT2D eigenvalue weighted by Gasteiger charge is 2.20. The third-order valence-corrected chi connectivity index (χ3v) is 4.85. The first-order valence-electron chi connectivity index (χ1n) is 7.20. The Morgan fingerprint density at radius 2 is 1.95 bits per heavy atom. The number of nitrogens with two attached hydrogens (primary N) is 1. The molecular weight excluding hydrogens is 286 g/mol. The van der Waals surface area contributed by atoms with Crippen molar-refractivity contribution in [1.82, 2.24) is 4.90 Å². The van der Waals surface area contributed by atoms with Crippen molar-refractivity contribution in [2.45, 2.75) is 18.7 Å². The summed E-state index contributed by atoms with van der Waals surface area (Å²) in [5.74, 6) is 1.03. The summed E-state index contributed by atoms with van der Waals surface area (Å²) < 4.78 is 0. The van der Waals surface area contributed by atoms with E-state index in [-0.39, 0.29) is 0 Å². The van der Waals surface area contributed by atoms with Crippen molar-refractivity contribution < 1.29 is 0 Å². The van der Waals surface area contributed by atoms with Crippen molar-refractivity contribution in [3.05, 3.63) is 23.8 Å². The van der Waals surface area contributed by atoms with E-state index >= 15 is 0 Å². The Balaban J connectivity index is 2.27. The summed E-state index contributed by atoms with van der Waals surface area (Å²) in [6.07, 6.45) is 0. The standard InChI is InChI=1S/C15H23N3S2/c1-3-17-8-10-18(11-9-17)12-6-5-7-13(20-4-2)14(12)15(16)19/h5-7H,3-4,8-11H2,1-2H3,(H2,16,19). The molecule has 0 atom stereocenters. The van der Waals surface area contributed by atoms with Gasteiger partial charge in [-0.2, -0.15) is 0 Å². The molecule has 0 spiro atoms. The summed E-state index contributed by atoms with van der Waals surface area (Å²) in [5, 5.41) is 0. The number of benzene rings is 1. The van der Waals surface area contributed by atoms with E-state index in [0.717, 1.165) is 44.0 Å². The monoisotopic (exact) mass is 309 g/mol. The fraction of sp³-hybridized carbons (Fsp3) is 0.533. The number of thiocarbonyl (C=S) groups is 1. The maximum atomic E-state index is 5.99. The first-order chi connectivity index (χ1) is 9.67. The average Bonchev–Trinajstić information content (AvgIpc) is 2.47. The van der Waals surface area contributed by atoms with Gasteiger partial charge in [-0.05, 0) is 24.4 Å². The molecule has 3 nitrogen and oxygen atoms in total. The van der Waals surface area contributed by atoms with Gasteiger partial charge in [0.05, 0.1) is 0 Å². The Morgan fingerprint density at radius 1 is 1.25 bits per heavy atom. The number of nitrogens with zero attached hydrogens (tertiary/aromatic N) is 2. The number of hydrogen-bond donors (Lipinski definition) is 1. The van der Waals surface area contributed by atoms with Gasteiger partial charge in [0.25, 0.3) is 0 Å². The molecule has 20 heavy (non-hydrogen) atoms. The number of thioether (sulfide) groups is 1. The van der Waals surface area contributed by atoms with Gasteiger partial charge in [0, 0.05) is 42.3 Å². The van der Waals surface area contributed by atoms with Gasteiger partial charge in [-0.1, -0.05) is 32.1 Å². The molecule has 1 aliphatic rings. The van der Waals surface area contributed by atoms with Gasteiger partial charge >= 0.3 is 0 Å². The largest absolute Gasteiger partial charge is 0.389 e. The highest BCUT2D eigenvalue weighted by atomic mass is 32.2. The first kappa shape index (κ1) is 15.6. The zero-order chi connectivity index (χ0) is 14.5. The average molecular weight is 310 g/mol. The van der Waals surface area contributed by atoms with Crippen LogP contribution in [0.1, 0.15) is 19.4 Å². The van der Waals surface area contributed by atoms with E-state index in [9.17, 15) is 0 Å². The molecule has 2 N–H and O–H groups in total. The molecule has 1 saturated heterocycles. The molecule has 0 unspecified atom stereocenters. The van der Waals surface area contributed by atoms with Crippen LogP contribution in [0.15, 0.2) is 23.1 Å². The molecule has 1 aromatic rings. The lowest BCUT2D eigenvalue weighted by Crippen LogP contribution is -2.46. The third kappa shape index (κ3) is 3.45. The summed E-state index contributed by atoms with van der Waals surface area (Å²) >= 11 is 7.10. The smallest absolute Gasteiger partial charge is 0.107 e. The Kier molecular flexibility index (Phi) is 5.69. The van der Waals surface area contributed by atoms with E-state index in [1.54, 1.807) is 0 Å². The number of likely N-dealkylation sites (N-methyl/N-ethyl adjacent to an activating group) is 1. The second kappa shape index (κ2) is 7.29. The Bertz CT molecular complexity index is 468. The molecule has 0 aliphatic carbocycles. The molecule has 0 radical (unpaired) electrons. The minimum Gasteiger partial charge on any atom is -0.389 e. The van der Waals surface area contributed by atoms with Crippen molar-refractivity contribution in [2.24, 2.45) is 5.73 Å². The van der Waals surface area contributed by atoms with Crippen molar-refractivity contribution >= 4 is 34.7 Å². The van der Waals surface area contributed by atoms with Crippen LogP contribution in [0.3, 0.4) is 0 Å². The van der Waals surface area contributed by atoms with Crippen molar-refractivity contribution in [3.63, 3.8) is 0 Å². The van der Waals surface area contributed by atoms with E-state index in [0.29, 0.717) is 4.99 Å². The van der Waals surface area contributed by atoms with Crippen LogP contribution in [0.5, 0.6) is 0 Å². The van der Waals surface area contributed by atoms with E-state index in [1.165, 1.54) is 10.6 Å². The fourth-order valence-corrected chi connectivity index (χ4v) is 3.74. The maximum absolute atomic E-state index is 5.99. The van der Waals surface area contributed by atoms with Crippen LogP contribution in [-0.2, 0) is 0 Å². The summed E-state index contributed by atoms with van der Waals surface area (Å²) in [4.78, 5) is 6.60. The maximum Gasteiger partial charge on any atom is 0.107 e. The van der Waals surface area contributed by atoms with Crippen LogP contribution in [0.25, 0.3) is 0 Å². The Labute approximate surface area is 131 Å². The van der Waals surface area contributed by atoms with E-state index in [2.05, 4.69) is 41.8 Å². The molecule has 0 saturated carbocycles. The lowest BCUT2D eigenvalue weighted by atomic mass is 10.1. The van der Waals surface area contributed by atoms with Crippen LogP contribution < -0.4 is 10.6 Å². The molecule has 2 rings (SSSR count). The van der Waals surface area contributed by atoms with Crippen molar-refractivity contribution in [2.75, 3.05) is 43.4 Å². The molecule has 1 aliphatic heterocycles.